The number of aryl methyl sites for hydroxylation is 1. The van der Waals surface area contributed by atoms with Gasteiger partial charge in [0.1, 0.15) is 11.2 Å². The molecule has 10 nitrogen and oxygen atoms in total. The molecule has 0 N–H and O–H groups in total. The van der Waals surface area contributed by atoms with Gasteiger partial charge in [-0.05, 0) is 38.1 Å². The molecule has 0 aliphatic carbocycles. The molecule has 4 aromatic rings. The zero-order valence-corrected chi connectivity index (χ0v) is 19.1. The predicted molar refractivity (Wildman–Crippen MR) is 125 cm³/mol. The molecule has 2 saturated heterocycles. The van der Waals surface area contributed by atoms with Crippen molar-refractivity contribution >= 4 is 23.2 Å². The third-order valence-electron chi connectivity index (χ3n) is 6.52. The second kappa shape index (κ2) is 7.91. The van der Waals surface area contributed by atoms with E-state index in [9.17, 15) is 4.79 Å². The van der Waals surface area contributed by atoms with Gasteiger partial charge in [0.2, 0.25) is 5.65 Å². The monoisotopic (exact) mass is 459 g/mol. The molecule has 0 bridgehead atoms. The molecule has 1 amide bonds. The van der Waals surface area contributed by atoms with Crippen molar-refractivity contribution in [3.63, 3.8) is 0 Å². The van der Waals surface area contributed by atoms with Gasteiger partial charge in [-0.25, -0.2) is 9.67 Å². The second-order valence-electron chi connectivity index (χ2n) is 9.17. The van der Waals surface area contributed by atoms with Gasteiger partial charge in [-0.1, -0.05) is 17.3 Å². The largest absolute Gasteiger partial charge is 0.422 e. The van der Waals surface area contributed by atoms with Crippen LogP contribution < -0.4 is 4.90 Å². The summed E-state index contributed by atoms with van der Waals surface area (Å²) in [6.45, 7) is 7.81. The Morgan fingerprint density at radius 2 is 1.76 bits per heavy atom. The molecular weight excluding hydrogens is 434 g/mol. The molecule has 0 saturated carbocycles. The van der Waals surface area contributed by atoms with E-state index < -0.39 is 0 Å². The Hall–Kier alpha value is -3.79. The number of piperazine rings is 1. The normalized spacial score (nSPS) is 17.7. The summed E-state index contributed by atoms with van der Waals surface area (Å²) in [5.74, 6) is 0.0174. The molecule has 1 aromatic carbocycles. The van der Waals surface area contributed by atoms with E-state index in [1.807, 2.05) is 59.1 Å². The van der Waals surface area contributed by atoms with E-state index in [1.54, 1.807) is 0 Å². The molecule has 174 valence electrons. The molecule has 2 aliphatic rings. The Kier molecular flexibility index (Phi) is 4.84. The SMILES string of the molecule is Cc1ccc2oc(N3CCN(C(=O)c4ccc(-c5cn(C6(C)COC6)nn5)cc4)CC3)nc2n1. The second-order valence-corrected chi connectivity index (χ2v) is 9.17. The van der Waals surface area contributed by atoms with E-state index in [1.165, 1.54) is 0 Å². The van der Waals surface area contributed by atoms with Crippen molar-refractivity contribution in [1.82, 2.24) is 29.9 Å². The Morgan fingerprint density at radius 1 is 1.00 bits per heavy atom. The molecule has 0 unspecified atom stereocenters. The van der Waals surface area contributed by atoms with Gasteiger partial charge in [0.25, 0.3) is 11.9 Å². The molecule has 0 spiro atoms. The first-order valence-corrected chi connectivity index (χ1v) is 11.4. The summed E-state index contributed by atoms with van der Waals surface area (Å²) in [4.78, 5) is 25.9. The number of hydrogen-bond donors (Lipinski definition) is 0. The van der Waals surface area contributed by atoms with E-state index in [0.29, 0.717) is 62.2 Å². The van der Waals surface area contributed by atoms with Gasteiger partial charge in [-0.2, -0.15) is 4.98 Å². The van der Waals surface area contributed by atoms with Crippen LogP contribution in [0.15, 0.2) is 47.0 Å². The number of benzene rings is 1. The maximum atomic E-state index is 13.1. The van der Waals surface area contributed by atoms with Crippen LogP contribution in [-0.2, 0) is 10.3 Å². The fourth-order valence-electron chi connectivity index (χ4n) is 4.29. The van der Waals surface area contributed by atoms with Crippen molar-refractivity contribution in [2.75, 3.05) is 44.3 Å². The highest BCUT2D eigenvalue weighted by Crippen LogP contribution is 2.27. The number of pyridine rings is 1. The van der Waals surface area contributed by atoms with E-state index in [2.05, 4.69) is 32.1 Å². The number of fused-ring (bicyclic) bond motifs is 1. The fraction of sp³-hybridized carbons (Fsp3) is 0.375. The quantitative estimate of drug-likeness (QED) is 0.459. The zero-order valence-electron chi connectivity index (χ0n) is 19.1. The van der Waals surface area contributed by atoms with Crippen LogP contribution in [0.1, 0.15) is 23.0 Å². The molecule has 2 aliphatic heterocycles. The topological polar surface area (TPSA) is 102 Å². The van der Waals surface area contributed by atoms with Crippen LogP contribution in [0.4, 0.5) is 6.01 Å². The number of amides is 1. The Balaban J connectivity index is 1.10. The number of anilines is 1. The third-order valence-corrected chi connectivity index (χ3v) is 6.52. The summed E-state index contributed by atoms with van der Waals surface area (Å²) in [5, 5.41) is 8.55. The van der Waals surface area contributed by atoms with Crippen molar-refractivity contribution in [1.29, 1.82) is 0 Å². The highest BCUT2D eigenvalue weighted by molar-refractivity contribution is 5.94. The Bertz CT molecular complexity index is 1350. The van der Waals surface area contributed by atoms with Crippen molar-refractivity contribution in [2.45, 2.75) is 19.4 Å². The number of ether oxygens (including phenoxy) is 1. The van der Waals surface area contributed by atoms with Crippen LogP contribution in [0.3, 0.4) is 0 Å². The number of carbonyl (C=O) groups is 1. The van der Waals surface area contributed by atoms with Gasteiger partial charge < -0.3 is 19.0 Å². The van der Waals surface area contributed by atoms with Gasteiger partial charge >= 0.3 is 0 Å². The lowest BCUT2D eigenvalue weighted by Gasteiger charge is -2.37. The van der Waals surface area contributed by atoms with Crippen molar-refractivity contribution in [3.05, 3.63) is 53.9 Å². The molecule has 2 fully saturated rings. The van der Waals surface area contributed by atoms with Gasteiger partial charge in [-0.3, -0.25) is 4.79 Å². The van der Waals surface area contributed by atoms with Gasteiger partial charge in [-0.15, -0.1) is 5.10 Å². The first kappa shape index (κ1) is 20.8. The number of carbonyl (C=O) groups excluding carboxylic acids is 1. The summed E-state index contributed by atoms with van der Waals surface area (Å²) in [6.07, 6.45) is 1.93. The van der Waals surface area contributed by atoms with E-state index in [-0.39, 0.29) is 11.4 Å². The van der Waals surface area contributed by atoms with Gasteiger partial charge in [0, 0.05) is 43.0 Å². The Morgan fingerprint density at radius 3 is 2.47 bits per heavy atom. The molecule has 3 aromatic heterocycles. The smallest absolute Gasteiger partial charge is 0.300 e. The molecular formula is C24H25N7O3. The molecule has 34 heavy (non-hydrogen) atoms. The lowest BCUT2D eigenvalue weighted by atomic mass is 10.0. The molecule has 5 heterocycles. The van der Waals surface area contributed by atoms with Crippen LogP contribution >= 0.6 is 0 Å². The fourth-order valence-corrected chi connectivity index (χ4v) is 4.29. The minimum atomic E-state index is -0.128. The predicted octanol–water partition coefficient (Wildman–Crippen LogP) is 2.50. The van der Waals surface area contributed by atoms with E-state index >= 15 is 0 Å². The number of rotatable bonds is 4. The van der Waals surface area contributed by atoms with E-state index in [0.717, 1.165) is 17.0 Å². The van der Waals surface area contributed by atoms with Gasteiger partial charge in [0.05, 0.1) is 19.4 Å². The van der Waals surface area contributed by atoms with E-state index in [4.69, 9.17) is 9.15 Å². The number of aromatic nitrogens is 5. The maximum absolute atomic E-state index is 13.1. The number of nitrogens with zero attached hydrogens (tertiary/aromatic N) is 7. The van der Waals surface area contributed by atoms with Crippen LogP contribution in [0.5, 0.6) is 0 Å². The van der Waals surface area contributed by atoms with Crippen LogP contribution in [0, 0.1) is 6.92 Å². The summed E-state index contributed by atoms with van der Waals surface area (Å²) in [7, 11) is 0. The molecule has 0 atom stereocenters. The highest BCUT2D eigenvalue weighted by atomic mass is 16.5. The molecule has 6 rings (SSSR count). The van der Waals surface area contributed by atoms with Gasteiger partial charge in [0.15, 0.2) is 5.58 Å². The highest BCUT2D eigenvalue weighted by Gasteiger charge is 2.36. The minimum Gasteiger partial charge on any atom is -0.422 e. The third kappa shape index (κ3) is 3.60. The van der Waals surface area contributed by atoms with Crippen LogP contribution in [0.2, 0.25) is 0 Å². The zero-order chi connectivity index (χ0) is 23.3. The number of hydrogen-bond acceptors (Lipinski definition) is 8. The summed E-state index contributed by atoms with van der Waals surface area (Å²) in [5.41, 5.74) is 4.43. The lowest BCUT2D eigenvalue weighted by Crippen LogP contribution is -2.49. The van der Waals surface area contributed by atoms with Crippen molar-refractivity contribution in [2.24, 2.45) is 0 Å². The average Bonchev–Trinajstić information content (AvgIpc) is 3.50. The van der Waals surface area contributed by atoms with Crippen molar-refractivity contribution in [3.8, 4) is 11.3 Å². The van der Waals surface area contributed by atoms with Crippen LogP contribution in [0.25, 0.3) is 22.5 Å². The Labute approximate surface area is 196 Å². The number of oxazole rings is 1. The first-order chi connectivity index (χ1) is 16.5. The molecule has 0 radical (unpaired) electrons. The maximum Gasteiger partial charge on any atom is 0.300 e. The summed E-state index contributed by atoms with van der Waals surface area (Å²) in [6, 6.07) is 11.9. The summed E-state index contributed by atoms with van der Waals surface area (Å²) >= 11 is 0. The van der Waals surface area contributed by atoms with Crippen LogP contribution in [-0.4, -0.2) is 75.2 Å². The lowest BCUT2D eigenvalue weighted by molar-refractivity contribution is -0.0965. The standard InChI is InChI=1S/C24H25N7O3/c1-16-3-8-20-21(25-16)26-23(34-20)30-11-9-29(10-12-30)22(32)18-6-4-17(5-7-18)19-13-31(28-27-19)24(2)14-33-15-24/h3-8,13H,9-12,14-15H2,1-2H3. The summed E-state index contributed by atoms with van der Waals surface area (Å²) < 4.78 is 13.0. The van der Waals surface area contributed by atoms with Crippen molar-refractivity contribution < 1.29 is 13.9 Å². The first-order valence-electron chi connectivity index (χ1n) is 11.4. The molecule has 10 heteroatoms. The minimum absolute atomic E-state index is 0.0174. The average molecular weight is 460 g/mol.